The summed E-state index contributed by atoms with van der Waals surface area (Å²) in [6.07, 6.45) is 0. The predicted molar refractivity (Wildman–Crippen MR) is 349 cm³/mol. The lowest BCUT2D eigenvalue weighted by Crippen LogP contribution is -2.62. The van der Waals surface area contributed by atoms with Crippen LogP contribution in [-0.4, -0.2) is 11.3 Å². The van der Waals surface area contributed by atoms with Gasteiger partial charge in [-0.3, -0.25) is 0 Å². The first kappa shape index (κ1) is 51.7. The van der Waals surface area contributed by atoms with E-state index in [1.54, 1.807) is 0 Å². The van der Waals surface area contributed by atoms with E-state index in [4.69, 9.17) is 4.42 Å². The van der Waals surface area contributed by atoms with Gasteiger partial charge in [-0.1, -0.05) is 165 Å². The Labute approximate surface area is 484 Å². The van der Waals surface area contributed by atoms with Crippen LogP contribution in [0.4, 0.5) is 51.2 Å². The number of benzene rings is 9. The van der Waals surface area contributed by atoms with Gasteiger partial charge in [0.1, 0.15) is 11.2 Å². The van der Waals surface area contributed by atoms with Crippen molar-refractivity contribution in [3.05, 3.63) is 197 Å². The van der Waals surface area contributed by atoms with Crippen molar-refractivity contribution in [3.63, 3.8) is 0 Å². The van der Waals surface area contributed by atoms with E-state index in [0.29, 0.717) is 5.56 Å². The molecule has 3 aliphatic rings. The Morgan fingerprint density at radius 3 is 1.59 bits per heavy atom. The lowest BCUT2D eigenvalue weighted by molar-refractivity contribution is 0.590. The van der Waals surface area contributed by atoms with E-state index in [9.17, 15) is 5.26 Å². The summed E-state index contributed by atoms with van der Waals surface area (Å²) in [6, 6.07) is 64.5. The SMILES string of the molecule is CC(C)(C)c1ccc(N(c2ccc(C(C)(C)C)cc2)c2ccc3c(c2)N(c2ccc4c(c2)oc2ccccc24)c2cc(C#N)cc4c2B3c2cc(C(C)(C)C)cc3c2N4c2cc(C(C)(C)C)cc4c5cc(C(C)(C)C)ccc5n-3c24)cc1. The Morgan fingerprint density at radius 2 is 0.963 bits per heavy atom. The summed E-state index contributed by atoms with van der Waals surface area (Å²) in [4.78, 5) is 7.40. The summed E-state index contributed by atoms with van der Waals surface area (Å²) in [5.41, 5.74) is 24.9. The molecule has 7 heteroatoms. The first-order chi connectivity index (χ1) is 38.8. The molecule has 0 spiro atoms. The Bertz CT molecular complexity index is 4490. The van der Waals surface area contributed by atoms with Crippen LogP contribution >= 0.6 is 0 Å². The maximum atomic E-state index is 11.4. The molecule has 0 bridgehead atoms. The summed E-state index contributed by atoms with van der Waals surface area (Å²) in [6.45, 7) is 34.4. The summed E-state index contributed by atoms with van der Waals surface area (Å²) < 4.78 is 9.31. The second-order valence-corrected chi connectivity index (χ2v) is 28.7. The number of aromatic nitrogens is 1. The predicted octanol–water partition coefficient (Wildman–Crippen LogP) is 18.9. The molecule has 0 saturated carbocycles. The average Bonchev–Trinajstić information content (AvgIpc) is 1.28. The van der Waals surface area contributed by atoms with Crippen molar-refractivity contribution in [1.29, 1.82) is 5.26 Å². The highest BCUT2D eigenvalue weighted by molar-refractivity contribution is 7.00. The van der Waals surface area contributed by atoms with Crippen LogP contribution in [-0.2, 0) is 27.1 Å². The zero-order chi connectivity index (χ0) is 57.5. The maximum Gasteiger partial charge on any atom is 0.252 e. The first-order valence-corrected chi connectivity index (χ1v) is 29.3. The molecule has 3 aliphatic heterocycles. The summed E-state index contributed by atoms with van der Waals surface area (Å²) >= 11 is 0. The van der Waals surface area contributed by atoms with Gasteiger partial charge in [-0.2, -0.15) is 5.26 Å². The molecule has 11 aromatic rings. The van der Waals surface area contributed by atoms with Crippen LogP contribution in [0.15, 0.2) is 168 Å². The number of nitrogens with zero attached hydrogens (tertiary/aromatic N) is 5. The lowest BCUT2D eigenvalue weighted by atomic mass is 9.33. The number of hydrogen-bond acceptors (Lipinski definition) is 5. The number of nitriles is 1. The standard InChI is InChI=1S/C75H72BN5O/c1-71(2,3)45-20-25-50(26-21-45)78(51-27-22-46(23-28-51)72(4,5)6)52-30-32-58-61(41-52)79(53-29-31-55-54-18-16-17-19-66(54)82-67(55)42-53)62-34-44(43-77)35-63-68(62)76(58)59-38-49(75(13,14)15)40-65-70(59)81(63)64-39-48(74(10,11)12)37-57-56-36-47(73(7,8)9)24-33-60(56)80(65)69(57)64/h16-42H,1-15H3. The molecule has 0 fully saturated rings. The van der Waals surface area contributed by atoms with E-state index < -0.39 is 0 Å². The maximum absolute atomic E-state index is 11.4. The number of para-hydroxylation sites is 1. The zero-order valence-electron chi connectivity index (χ0n) is 50.3. The molecule has 9 aromatic carbocycles. The first-order valence-electron chi connectivity index (χ1n) is 29.3. The van der Waals surface area contributed by atoms with Crippen molar-refractivity contribution >= 4 is 118 Å². The Kier molecular flexibility index (Phi) is 10.9. The molecule has 0 saturated heterocycles. The van der Waals surface area contributed by atoms with Gasteiger partial charge in [0.15, 0.2) is 0 Å². The quantitative estimate of drug-likeness (QED) is 0.164. The van der Waals surface area contributed by atoms with Crippen LogP contribution in [0, 0.1) is 11.3 Å². The molecular weight excluding hydrogens is 998 g/mol. The minimum absolute atomic E-state index is 0.00817. The molecule has 0 aliphatic carbocycles. The van der Waals surface area contributed by atoms with Crippen LogP contribution in [0.5, 0.6) is 0 Å². The van der Waals surface area contributed by atoms with Gasteiger partial charge in [-0.15, -0.1) is 0 Å². The van der Waals surface area contributed by atoms with Gasteiger partial charge in [0.2, 0.25) is 0 Å². The van der Waals surface area contributed by atoms with Crippen molar-refractivity contribution in [1.82, 2.24) is 4.57 Å². The normalized spacial score (nSPS) is 14.0. The summed E-state index contributed by atoms with van der Waals surface area (Å²) in [5, 5.41) is 16.1. The fourth-order valence-electron chi connectivity index (χ4n) is 13.4. The number of furan rings is 1. The van der Waals surface area contributed by atoms with Crippen LogP contribution in [0.3, 0.4) is 0 Å². The molecule has 2 aromatic heterocycles. The van der Waals surface area contributed by atoms with E-state index in [1.807, 2.05) is 6.07 Å². The topological polar surface area (TPSA) is 51.6 Å². The fraction of sp³-hybridized carbons (Fsp3) is 0.267. The van der Waals surface area contributed by atoms with E-state index >= 15 is 0 Å². The number of hydrogen-bond donors (Lipinski definition) is 0. The molecule has 406 valence electrons. The minimum atomic E-state index is -0.206. The summed E-state index contributed by atoms with van der Waals surface area (Å²) in [7, 11) is 0. The van der Waals surface area contributed by atoms with Gasteiger partial charge >= 0.3 is 0 Å². The van der Waals surface area contributed by atoms with Gasteiger partial charge in [-0.25, -0.2) is 0 Å². The van der Waals surface area contributed by atoms with Crippen molar-refractivity contribution in [2.75, 3.05) is 14.7 Å². The second kappa shape index (κ2) is 17.3. The third kappa shape index (κ3) is 7.81. The van der Waals surface area contributed by atoms with Gasteiger partial charge in [0, 0.05) is 67.4 Å². The van der Waals surface area contributed by atoms with E-state index in [0.717, 1.165) is 78.8 Å². The molecule has 0 radical (unpaired) electrons. The number of fused-ring (bicyclic) bond motifs is 12. The molecule has 0 atom stereocenters. The van der Waals surface area contributed by atoms with E-state index in [-0.39, 0.29) is 33.8 Å². The Balaban J connectivity index is 1.10. The zero-order valence-corrected chi connectivity index (χ0v) is 50.3. The van der Waals surface area contributed by atoms with Crippen molar-refractivity contribution in [2.24, 2.45) is 0 Å². The number of rotatable bonds is 4. The molecular formula is C75H72BN5O. The largest absolute Gasteiger partial charge is 0.456 e. The second-order valence-electron chi connectivity index (χ2n) is 28.7. The third-order valence-corrected chi connectivity index (χ3v) is 18.0. The van der Waals surface area contributed by atoms with Crippen LogP contribution in [0.25, 0.3) is 49.4 Å². The Hall–Kier alpha value is -8.47. The molecule has 6 nitrogen and oxygen atoms in total. The molecule has 0 unspecified atom stereocenters. The van der Waals surface area contributed by atoms with E-state index in [1.165, 1.54) is 66.0 Å². The average molecular weight is 1070 g/mol. The van der Waals surface area contributed by atoms with Gasteiger partial charge in [0.25, 0.3) is 6.71 Å². The molecule has 82 heavy (non-hydrogen) atoms. The van der Waals surface area contributed by atoms with Crippen LogP contribution in [0.2, 0.25) is 0 Å². The lowest BCUT2D eigenvalue weighted by Gasteiger charge is -2.47. The highest BCUT2D eigenvalue weighted by Gasteiger charge is 2.48. The van der Waals surface area contributed by atoms with Crippen molar-refractivity contribution < 1.29 is 4.42 Å². The molecule has 0 N–H and O–H groups in total. The molecule has 0 amide bonds. The molecule has 5 heterocycles. The highest BCUT2D eigenvalue weighted by Crippen LogP contribution is 2.55. The van der Waals surface area contributed by atoms with Crippen molar-refractivity contribution in [2.45, 2.75) is 131 Å². The van der Waals surface area contributed by atoms with Crippen molar-refractivity contribution in [3.8, 4) is 11.8 Å². The van der Waals surface area contributed by atoms with Crippen LogP contribution in [0.1, 0.15) is 137 Å². The van der Waals surface area contributed by atoms with E-state index in [2.05, 4.69) is 287 Å². The third-order valence-electron chi connectivity index (χ3n) is 18.0. The molecule has 14 rings (SSSR count). The Morgan fingerprint density at radius 1 is 0.415 bits per heavy atom. The summed E-state index contributed by atoms with van der Waals surface area (Å²) in [5.74, 6) is 0. The fourth-order valence-corrected chi connectivity index (χ4v) is 13.4. The number of anilines is 9. The van der Waals surface area contributed by atoms with Gasteiger partial charge in [-0.05, 0) is 168 Å². The monoisotopic (exact) mass is 1070 g/mol. The highest BCUT2D eigenvalue weighted by atomic mass is 16.3. The van der Waals surface area contributed by atoms with Gasteiger partial charge < -0.3 is 23.7 Å². The van der Waals surface area contributed by atoms with Crippen LogP contribution < -0.4 is 31.1 Å². The minimum Gasteiger partial charge on any atom is -0.456 e. The van der Waals surface area contributed by atoms with Gasteiger partial charge in [0.05, 0.1) is 39.7 Å². The smallest absolute Gasteiger partial charge is 0.252 e.